The molecule has 0 aliphatic carbocycles. The molecule has 3 rings (SSSR count). The Morgan fingerprint density at radius 2 is 1.36 bits per heavy atom. The summed E-state index contributed by atoms with van der Waals surface area (Å²) in [6.07, 6.45) is 0. The van der Waals surface area contributed by atoms with Crippen LogP contribution >= 0.6 is 0 Å². The summed E-state index contributed by atoms with van der Waals surface area (Å²) < 4.78 is 0. The topological polar surface area (TPSA) is 40.5 Å². The van der Waals surface area contributed by atoms with Crippen LogP contribution in [0.5, 0.6) is 11.5 Å². The largest absolute Gasteiger partial charge is 0.508 e. The molecule has 1 unspecified atom stereocenters. The van der Waals surface area contributed by atoms with E-state index in [1.165, 1.54) is 0 Å². The Hall–Kier alpha value is -2.74. The maximum atomic E-state index is 9.85. The number of phenols is 2. The molecule has 0 saturated carbocycles. The van der Waals surface area contributed by atoms with Gasteiger partial charge in [0.25, 0.3) is 0 Å². The van der Waals surface area contributed by atoms with Crippen LogP contribution in [0.15, 0.2) is 72.8 Å². The quantitative estimate of drug-likeness (QED) is 0.719. The predicted molar refractivity (Wildman–Crippen MR) is 89.2 cm³/mol. The van der Waals surface area contributed by atoms with Gasteiger partial charge in [-0.15, -0.1) is 0 Å². The molecule has 1 atom stereocenters. The van der Waals surface area contributed by atoms with Crippen molar-refractivity contribution >= 4 is 0 Å². The van der Waals surface area contributed by atoms with Crippen LogP contribution in [0.1, 0.15) is 24.0 Å². The van der Waals surface area contributed by atoms with Crippen LogP contribution in [0.3, 0.4) is 0 Å². The number of rotatable bonds is 3. The Labute approximate surface area is 130 Å². The molecule has 0 bridgehead atoms. The zero-order valence-electron chi connectivity index (χ0n) is 12.4. The van der Waals surface area contributed by atoms with Gasteiger partial charge in [-0.05, 0) is 46.5 Å². The third-order valence-electron chi connectivity index (χ3n) is 3.98. The van der Waals surface area contributed by atoms with Crippen LogP contribution in [0.25, 0.3) is 11.1 Å². The number of hydrogen-bond acceptors (Lipinski definition) is 2. The molecule has 0 spiro atoms. The van der Waals surface area contributed by atoms with Gasteiger partial charge in [-0.1, -0.05) is 55.5 Å². The van der Waals surface area contributed by atoms with E-state index in [0.717, 1.165) is 22.3 Å². The van der Waals surface area contributed by atoms with E-state index in [2.05, 4.69) is 6.92 Å². The second-order valence-corrected chi connectivity index (χ2v) is 5.45. The van der Waals surface area contributed by atoms with E-state index >= 15 is 0 Å². The van der Waals surface area contributed by atoms with Crippen LogP contribution in [0, 0.1) is 0 Å². The van der Waals surface area contributed by atoms with Crippen LogP contribution in [0.2, 0.25) is 0 Å². The molecule has 0 radical (unpaired) electrons. The number of benzene rings is 3. The molecule has 0 aromatic heterocycles. The van der Waals surface area contributed by atoms with Crippen molar-refractivity contribution in [1.29, 1.82) is 0 Å². The van der Waals surface area contributed by atoms with E-state index < -0.39 is 0 Å². The molecule has 3 aromatic rings. The Morgan fingerprint density at radius 3 is 2.05 bits per heavy atom. The molecule has 0 amide bonds. The average molecular weight is 290 g/mol. The minimum absolute atomic E-state index is 0.163. The van der Waals surface area contributed by atoms with Crippen molar-refractivity contribution in [3.05, 3.63) is 83.9 Å². The molecule has 3 aromatic carbocycles. The maximum absolute atomic E-state index is 9.85. The Balaban J connectivity index is 2.09. The van der Waals surface area contributed by atoms with E-state index in [-0.39, 0.29) is 17.4 Å². The first-order valence-corrected chi connectivity index (χ1v) is 7.32. The van der Waals surface area contributed by atoms with Gasteiger partial charge >= 0.3 is 0 Å². The highest BCUT2D eigenvalue weighted by atomic mass is 16.3. The molecule has 22 heavy (non-hydrogen) atoms. The summed E-state index contributed by atoms with van der Waals surface area (Å²) in [6, 6.07) is 22.8. The summed E-state index contributed by atoms with van der Waals surface area (Å²) in [5.41, 5.74) is 4.38. The third kappa shape index (κ3) is 2.82. The zero-order chi connectivity index (χ0) is 15.5. The fourth-order valence-electron chi connectivity index (χ4n) is 2.73. The highest BCUT2D eigenvalue weighted by Crippen LogP contribution is 2.35. The number of phenolic OH excluding ortho intramolecular Hbond substituents is 2. The molecule has 0 aliphatic heterocycles. The standard InChI is InChI=1S/C20H18O2/c1-14(15-7-9-17(21)10-8-15)19-12-11-18(22)13-20(19)16-5-3-2-4-6-16/h2-14,21-22H,1H3. The summed E-state index contributed by atoms with van der Waals surface area (Å²) in [5.74, 6) is 0.696. The smallest absolute Gasteiger partial charge is 0.116 e. The fraction of sp³-hybridized carbons (Fsp3) is 0.100. The molecule has 0 fully saturated rings. The van der Waals surface area contributed by atoms with Crippen molar-refractivity contribution in [2.24, 2.45) is 0 Å². The predicted octanol–water partition coefficient (Wildman–Crippen LogP) is 4.92. The van der Waals surface area contributed by atoms with Gasteiger partial charge in [0, 0.05) is 5.92 Å². The van der Waals surface area contributed by atoms with Gasteiger partial charge in [0.1, 0.15) is 11.5 Å². The summed E-state index contributed by atoms with van der Waals surface area (Å²) in [6.45, 7) is 2.13. The molecule has 2 N–H and O–H groups in total. The van der Waals surface area contributed by atoms with Crippen molar-refractivity contribution in [3.63, 3.8) is 0 Å². The van der Waals surface area contributed by atoms with Crippen LogP contribution in [-0.2, 0) is 0 Å². The Bertz CT molecular complexity index is 761. The van der Waals surface area contributed by atoms with Gasteiger partial charge in [-0.3, -0.25) is 0 Å². The first-order chi connectivity index (χ1) is 10.6. The van der Waals surface area contributed by atoms with Crippen LogP contribution in [0.4, 0.5) is 0 Å². The average Bonchev–Trinajstić information content (AvgIpc) is 2.56. The van der Waals surface area contributed by atoms with Gasteiger partial charge in [-0.25, -0.2) is 0 Å². The zero-order valence-corrected chi connectivity index (χ0v) is 12.4. The molecule has 0 aliphatic rings. The monoisotopic (exact) mass is 290 g/mol. The van der Waals surface area contributed by atoms with Crippen molar-refractivity contribution in [3.8, 4) is 22.6 Å². The fourth-order valence-corrected chi connectivity index (χ4v) is 2.73. The molecular formula is C20H18O2. The maximum Gasteiger partial charge on any atom is 0.116 e. The van der Waals surface area contributed by atoms with Gasteiger partial charge in [0.05, 0.1) is 0 Å². The Morgan fingerprint density at radius 1 is 0.727 bits per heavy atom. The summed E-state index contributed by atoms with van der Waals surface area (Å²) >= 11 is 0. The lowest BCUT2D eigenvalue weighted by atomic mass is 9.87. The van der Waals surface area contributed by atoms with Gasteiger partial charge in [0.15, 0.2) is 0 Å². The van der Waals surface area contributed by atoms with Gasteiger partial charge in [0.2, 0.25) is 0 Å². The third-order valence-corrected chi connectivity index (χ3v) is 3.98. The van der Waals surface area contributed by atoms with E-state index in [1.54, 1.807) is 18.2 Å². The normalized spacial score (nSPS) is 12.0. The summed E-state index contributed by atoms with van der Waals surface area (Å²) in [5, 5.41) is 19.3. The SMILES string of the molecule is CC(c1ccc(O)cc1)c1ccc(O)cc1-c1ccccc1. The molecule has 0 heterocycles. The molecule has 110 valence electrons. The summed E-state index contributed by atoms with van der Waals surface area (Å²) in [4.78, 5) is 0. The van der Waals surface area contributed by atoms with E-state index in [9.17, 15) is 10.2 Å². The van der Waals surface area contributed by atoms with E-state index in [1.807, 2.05) is 54.6 Å². The summed E-state index contributed by atoms with van der Waals surface area (Å²) in [7, 11) is 0. The van der Waals surface area contributed by atoms with E-state index in [0.29, 0.717) is 0 Å². The second kappa shape index (κ2) is 5.94. The number of aromatic hydroxyl groups is 2. The first kappa shape index (κ1) is 14.2. The van der Waals surface area contributed by atoms with Crippen molar-refractivity contribution < 1.29 is 10.2 Å². The first-order valence-electron chi connectivity index (χ1n) is 7.32. The second-order valence-electron chi connectivity index (χ2n) is 5.45. The molecular weight excluding hydrogens is 272 g/mol. The lowest BCUT2D eigenvalue weighted by Crippen LogP contribution is -1.98. The van der Waals surface area contributed by atoms with Crippen LogP contribution < -0.4 is 0 Å². The van der Waals surface area contributed by atoms with Crippen LogP contribution in [-0.4, -0.2) is 10.2 Å². The van der Waals surface area contributed by atoms with Gasteiger partial charge < -0.3 is 10.2 Å². The lowest BCUT2D eigenvalue weighted by Gasteiger charge is -2.18. The van der Waals surface area contributed by atoms with Crippen molar-refractivity contribution in [1.82, 2.24) is 0 Å². The minimum Gasteiger partial charge on any atom is -0.508 e. The molecule has 2 heteroatoms. The number of hydrogen-bond donors (Lipinski definition) is 2. The lowest BCUT2D eigenvalue weighted by molar-refractivity contribution is 0.475. The highest BCUT2D eigenvalue weighted by molar-refractivity contribution is 5.70. The van der Waals surface area contributed by atoms with Gasteiger partial charge in [-0.2, -0.15) is 0 Å². The van der Waals surface area contributed by atoms with Crippen molar-refractivity contribution in [2.75, 3.05) is 0 Å². The highest BCUT2D eigenvalue weighted by Gasteiger charge is 2.14. The Kier molecular flexibility index (Phi) is 3.84. The minimum atomic E-state index is 0.163. The molecule has 0 saturated heterocycles. The molecule has 2 nitrogen and oxygen atoms in total. The van der Waals surface area contributed by atoms with E-state index in [4.69, 9.17) is 0 Å². The van der Waals surface area contributed by atoms with Crippen molar-refractivity contribution in [2.45, 2.75) is 12.8 Å².